The molecule has 0 spiro atoms. The number of hydrogen-bond donors (Lipinski definition) is 2. The van der Waals surface area contributed by atoms with E-state index in [2.05, 4.69) is 28.5 Å². The molecule has 6 heteroatoms. The zero-order chi connectivity index (χ0) is 21.6. The molecule has 5 nitrogen and oxygen atoms in total. The van der Waals surface area contributed by atoms with E-state index in [1.54, 1.807) is 32.4 Å². The molecule has 0 aromatic heterocycles. The molecular formula is C24H28N2O3S. The second kappa shape index (κ2) is 9.84. The molecule has 0 saturated heterocycles. The minimum Gasteiger partial charge on any atom is -0.501 e. The maximum Gasteiger partial charge on any atom is 0.240 e. The van der Waals surface area contributed by atoms with E-state index >= 15 is 0 Å². The van der Waals surface area contributed by atoms with Gasteiger partial charge in [-0.2, -0.15) is 0 Å². The van der Waals surface area contributed by atoms with Gasteiger partial charge >= 0.3 is 0 Å². The third-order valence-corrected chi connectivity index (χ3v) is 6.97. The molecule has 158 valence electrons. The van der Waals surface area contributed by atoms with Crippen molar-refractivity contribution in [3.05, 3.63) is 72.0 Å². The third kappa shape index (κ3) is 5.44. The third-order valence-electron chi connectivity index (χ3n) is 5.45. The molecule has 0 bridgehead atoms. The van der Waals surface area contributed by atoms with E-state index in [-0.39, 0.29) is 10.9 Å². The molecule has 2 N–H and O–H groups in total. The van der Waals surface area contributed by atoms with Crippen molar-refractivity contribution in [1.29, 1.82) is 0 Å². The zero-order valence-corrected chi connectivity index (χ0v) is 18.3. The van der Waals surface area contributed by atoms with Crippen molar-refractivity contribution < 1.29 is 13.2 Å². The number of anilines is 1. The lowest BCUT2D eigenvalue weighted by Crippen LogP contribution is -2.37. The molecule has 0 amide bonds. The minimum atomic E-state index is -3.61. The van der Waals surface area contributed by atoms with Crippen LogP contribution in [-0.4, -0.2) is 28.6 Å². The summed E-state index contributed by atoms with van der Waals surface area (Å²) in [6.07, 6.45) is 3.28. The first-order valence-electron chi connectivity index (χ1n) is 10.1. The summed E-state index contributed by atoms with van der Waals surface area (Å²) in [5.41, 5.74) is 2.34. The van der Waals surface area contributed by atoms with Crippen LogP contribution in [0.15, 0.2) is 65.8 Å². The van der Waals surface area contributed by atoms with Crippen LogP contribution in [0.4, 0.5) is 5.69 Å². The van der Waals surface area contributed by atoms with E-state index in [0.29, 0.717) is 11.6 Å². The average Bonchev–Trinajstić information content (AvgIpc) is 2.78. The number of rotatable bonds is 6. The molecule has 0 unspecified atom stereocenters. The Morgan fingerprint density at radius 2 is 1.77 bits per heavy atom. The van der Waals surface area contributed by atoms with Gasteiger partial charge in [0.15, 0.2) is 0 Å². The number of hydrogen-bond acceptors (Lipinski definition) is 4. The highest BCUT2D eigenvalue weighted by Gasteiger charge is 2.27. The predicted molar refractivity (Wildman–Crippen MR) is 121 cm³/mol. The second-order valence-electron chi connectivity index (χ2n) is 7.41. The molecule has 1 aliphatic carbocycles. The fraction of sp³-hybridized carbons (Fsp3) is 0.333. The first-order valence-corrected chi connectivity index (χ1v) is 11.5. The second-order valence-corrected chi connectivity index (χ2v) is 9.13. The van der Waals surface area contributed by atoms with Crippen molar-refractivity contribution in [3.8, 4) is 11.8 Å². The normalized spacial score (nSPS) is 18.7. The molecule has 1 fully saturated rings. The van der Waals surface area contributed by atoms with Gasteiger partial charge in [0.2, 0.25) is 10.0 Å². The van der Waals surface area contributed by atoms with Crippen molar-refractivity contribution in [1.82, 2.24) is 4.72 Å². The van der Waals surface area contributed by atoms with Crippen LogP contribution in [0, 0.1) is 17.8 Å². The Morgan fingerprint density at radius 3 is 2.40 bits per heavy atom. The van der Waals surface area contributed by atoms with Crippen LogP contribution in [-0.2, 0) is 14.8 Å². The Morgan fingerprint density at radius 1 is 1.07 bits per heavy atom. The van der Waals surface area contributed by atoms with Crippen LogP contribution >= 0.6 is 0 Å². The number of sulfonamides is 1. The van der Waals surface area contributed by atoms with Gasteiger partial charge in [0.05, 0.1) is 23.5 Å². The van der Waals surface area contributed by atoms with Crippen molar-refractivity contribution in [3.63, 3.8) is 0 Å². The van der Waals surface area contributed by atoms with Crippen molar-refractivity contribution in [2.24, 2.45) is 5.92 Å². The number of ether oxygens (including phenoxy) is 1. The number of methoxy groups -OCH3 is 1. The van der Waals surface area contributed by atoms with Gasteiger partial charge in [-0.05, 0) is 56.0 Å². The topological polar surface area (TPSA) is 67.4 Å². The first-order chi connectivity index (χ1) is 14.4. The molecule has 2 aromatic carbocycles. The van der Waals surface area contributed by atoms with Crippen molar-refractivity contribution in [2.45, 2.75) is 36.6 Å². The fourth-order valence-electron chi connectivity index (χ4n) is 3.65. The van der Waals surface area contributed by atoms with Crippen LogP contribution < -0.4 is 10.0 Å². The predicted octanol–water partition coefficient (Wildman–Crippen LogP) is 4.13. The molecule has 2 aromatic rings. The van der Waals surface area contributed by atoms with Crippen molar-refractivity contribution in [2.75, 3.05) is 19.5 Å². The minimum absolute atomic E-state index is 0.0773. The summed E-state index contributed by atoms with van der Waals surface area (Å²) in [6, 6.07) is 14.6. The highest BCUT2D eigenvalue weighted by Crippen LogP contribution is 2.30. The van der Waals surface area contributed by atoms with Gasteiger partial charge in [-0.25, -0.2) is 13.1 Å². The van der Waals surface area contributed by atoms with Gasteiger partial charge in [-0.15, -0.1) is 0 Å². The Kier molecular flexibility index (Phi) is 7.20. The smallest absolute Gasteiger partial charge is 0.240 e. The summed E-state index contributed by atoms with van der Waals surface area (Å²) in [5, 5.41) is 3.05. The summed E-state index contributed by atoms with van der Waals surface area (Å²) in [7, 11) is -0.221. The molecule has 0 atom stereocenters. The maximum absolute atomic E-state index is 12.9. The summed E-state index contributed by atoms with van der Waals surface area (Å²) >= 11 is 0. The highest BCUT2D eigenvalue weighted by atomic mass is 32.2. The first kappa shape index (κ1) is 21.9. The molecular weight excluding hydrogens is 396 g/mol. The van der Waals surface area contributed by atoms with E-state index in [9.17, 15) is 8.42 Å². The summed E-state index contributed by atoms with van der Waals surface area (Å²) in [4.78, 5) is 0.237. The molecule has 30 heavy (non-hydrogen) atoms. The maximum atomic E-state index is 12.9. The lowest BCUT2D eigenvalue weighted by atomic mass is 9.85. The zero-order valence-electron chi connectivity index (χ0n) is 17.4. The molecule has 3 rings (SSSR count). The fourth-order valence-corrected chi connectivity index (χ4v) is 4.99. The summed E-state index contributed by atoms with van der Waals surface area (Å²) < 4.78 is 33.9. The van der Waals surface area contributed by atoms with E-state index in [1.165, 1.54) is 0 Å². The lowest BCUT2D eigenvalue weighted by molar-refractivity contribution is 0.206. The van der Waals surface area contributed by atoms with Crippen LogP contribution in [0.1, 0.15) is 36.8 Å². The standard InChI is InChI=1S/C24H28N2O3S/c1-18(29-3)20-11-14-22(15-12-20)26-30(27,28)23-16-13-21(24(17-23)25-2)10-9-19-7-5-4-6-8-19/h4-8,13,16-17,20,22,25-26H,1,11-12,14-15H2,2-3H3. The SMILES string of the molecule is C=C(OC)C1CCC(NS(=O)(=O)c2ccc(C#Cc3ccccc3)c(NC)c2)CC1. The largest absolute Gasteiger partial charge is 0.501 e. The molecule has 0 heterocycles. The van der Waals surface area contributed by atoms with Crippen molar-refractivity contribution >= 4 is 15.7 Å². The Balaban J connectivity index is 1.72. The van der Waals surface area contributed by atoms with Crippen LogP contribution in [0.2, 0.25) is 0 Å². The number of nitrogens with one attached hydrogen (secondary N) is 2. The van der Waals surface area contributed by atoms with E-state index in [4.69, 9.17) is 4.74 Å². The summed E-state index contributed by atoms with van der Waals surface area (Å²) in [6.45, 7) is 3.93. The van der Waals surface area contributed by atoms with Crippen LogP contribution in [0.3, 0.4) is 0 Å². The quantitative estimate of drug-likeness (QED) is 0.541. The lowest BCUT2D eigenvalue weighted by Gasteiger charge is -2.29. The average molecular weight is 425 g/mol. The van der Waals surface area contributed by atoms with Gasteiger partial charge < -0.3 is 10.1 Å². The van der Waals surface area contributed by atoms with Crippen LogP contribution in [0.5, 0.6) is 0 Å². The number of allylic oxidation sites excluding steroid dienone is 1. The Bertz CT molecular complexity index is 1040. The summed E-state index contributed by atoms with van der Waals surface area (Å²) in [5.74, 6) is 7.30. The van der Waals surface area contributed by atoms with Gasteiger partial charge in [0.1, 0.15) is 0 Å². The highest BCUT2D eigenvalue weighted by molar-refractivity contribution is 7.89. The van der Waals surface area contributed by atoms with E-state index in [0.717, 1.165) is 42.6 Å². The van der Waals surface area contributed by atoms with Gasteiger partial charge in [-0.3, -0.25) is 0 Å². The van der Waals surface area contributed by atoms with Crippen LogP contribution in [0.25, 0.3) is 0 Å². The van der Waals surface area contributed by atoms with Gasteiger partial charge in [0.25, 0.3) is 0 Å². The molecule has 0 aliphatic heterocycles. The van der Waals surface area contributed by atoms with Gasteiger partial charge in [-0.1, -0.05) is 36.6 Å². The monoisotopic (exact) mass is 424 g/mol. The Labute approximate surface area is 179 Å². The van der Waals surface area contributed by atoms with E-state index < -0.39 is 10.0 Å². The molecule has 1 saturated carbocycles. The van der Waals surface area contributed by atoms with Gasteiger partial charge in [0, 0.05) is 30.1 Å². The molecule has 0 radical (unpaired) electrons. The number of benzene rings is 2. The molecule has 1 aliphatic rings. The van der Waals surface area contributed by atoms with E-state index in [1.807, 2.05) is 30.3 Å². The Hall–Kier alpha value is -2.75.